The number of benzene rings is 1. The lowest BCUT2D eigenvalue weighted by Gasteiger charge is -2.29. The normalized spacial score (nSPS) is 19.0. The molecule has 1 aromatic heterocycles. The average molecular weight is 381 g/mol. The third-order valence-corrected chi connectivity index (χ3v) is 5.31. The van der Waals surface area contributed by atoms with Crippen molar-refractivity contribution in [2.45, 2.75) is 38.5 Å². The number of hydrogen-bond donors (Lipinski definition) is 3. The summed E-state index contributed by atoms with van der Waals surface area (Å²) in [5.41, 5.74) is 1.40. The summed E-state index contributed by atoms with van der Waals surface area (Å²) in [6, 6.07) is 7.38. The highest BCUT2D eigenvalue weighted by Crippen LogP contribution is 2.31. The molecule has 4 rings (SSSR count). The van der Waals surface area contributed by atoms with Crippen LogP contribution in [-0.4, -0.2) is 34.9 Å². The maximum absolute atomic E-state index is 12.9. The van der Waals surface area contributed by atoms with Crippen LogP contribution in [0.5, 0.6) is 0 Å². The summed E-state index contributed by atoms with van der Waals surface area (Å²) in [5, 5.41) is 5.50. The van der Waals surface area contributed by atoms with Crippen molar-refractivity contribution >= 4 is 29.3 Å². The van der Waals surface area contributed by atoms with E-state index in [0.29, 0.717) is 11.6 Å². The van der Waals surface area contributed by atoms with Crippen LogP contribution in [0.15, 0.2) is 29.1 Å². The molecule has 0 bridgehead atoms. The van der Waals surface area contributed by atoms with Crippen molar-refractivity contribution in [2.75, 3.05) is 28.6 Å². The molecule has 0 unspecified atom stereocenters. The zero-order chi connectivity index (χ0) is 19.7. The van der Waals surface area contributed by atoms with Gasteiger partial charge in [-0.25, -0.2) is 0 Å². The van der Waals surface area contributed by atoms with Gasteiger partial charge in [0, 0.05) is 25.2 Å². The second-order valence-corrected chi connectivity index (χ2v) is 7.31. The third kappa shape index (κ3) is 3.49. The number of aromatic nitrogens is 2. The molecule has 8 nitrogen and oxygen atoms in total. The van der Waals surface area contributed by atoms with E-state index in [-0.39, 0.29) is 35.2 Å². The van der Waals surface area contributed by atoms with Crippen LogP contribution in [0.4, 0.5) is 17.5 Å². The smallest absolute Gasteiger partial charge is 0.258 e. The van der Waals surface area contributed by atoms with Crippen LogP contribution >= 0.6 is 0 Å². The van der Waals surface area contributed by atoms with E-state index in [1.54, 1.807) is 6.07 Å². The van der Waals surface area contributed by atoms with Gasteiger partial charge in [-0.2, -0.15) is 4.98 Å². The molecule has 1 atom stereocenters. The van der Waals surface area contributed by atoms with E-state index in [4.69, 9.17) is 0 Å². The number of piperidine rings is 1. The predicted molar refractivity (Wildman–Crippen MR) is 107 cm³/mol. The maximum atomic E-state index is 12.9. The van der Waals surface area contributed by atoms with E-state index in [1.807, 2.05) is 30.0 Å². The Labute approximate surface area is 162 Å². The number of carbonyl (C=O) groups excluding carboxylic acids is 2. The fraction of sp³-hybridized carbons (Fsp3) is 0.400. The fourth-order valence-corrected chi connectivity index (χ4v) is 3.77. The Morgan fingerprint density at radius 1 is 1.18 bits per heavy atom. The number of aryl methyl sites for hydroxylation is 1. The Bertz CT molecular complexity index is 978. The largest absolute Gasteiger partial charge is 0.342 e. The zero-order valence-electron chi connectivity index (χ0n) is 15.7. The van der Waals surface area contributed by atoms with E-state index < -0.39 is 5.92 Å². The highest BCUT2D eigenvalue weighted by Gasteiger charge is 2.35. The molecule has 2 aliphatic heterocycles. The van der Waals surface area contributed by atoms with Gasteiger partial charge in [0.05, 0.1) is 11.5 Å². The lowest BCUT2D eigenvalue weighted by Crippen LogP contribution is -2.38. The number of H-pyrrole nitrogens is 1. The van der Waals surface area contributed by atoms with Gasteiger partial charge >= 0.3 is 0 Å². The number of nitrogens with one attached hydrogen (secondary N) is 3. The minimum atomic E-state index is -0.880. The van der Waals surface area contributed by atoms with Gasteiger partial charge < -0.3 is 15.5 Å². The highest BCUT2D eigenvalue weighted by molar-refractivity contribution is 6.04. The molecule has 0 aliphatic carbocycles. The van der Waals surface area contributed by atoms with Crippen molar-refractivity contribution in [3.05, 3.63) is 45.7 Å². The van der Waals surface area contributed by atoms with Crippen LogP contribution in [0.2, 0.25) is 0 Å². The van der Waals surface area contributed by atoms with Crippen LogP contribution in [0.3, 0.4) is 0 Å². The summed E-state index contributed by atoms with van der Waals surface area (Å²) < 4.78 is 0. The number of nitrogens with zero attached hydrogens (tertiary/aromatic N) is 2. The van der Waals surface area contributed by atoms with Crippen LogP contribution in [0.1, 0.15) is 42.7 Å². The first-order valence-corrected chi connectivity index (χ1v) is 9.58. The lowest BCUT2D eigenvalue weighted by molar-refractivity contribution is -0.123. The standard InChI is InChI=1S/C20H23N5O3/c1-12-7-3-4-8-14(12)21-18(27)13-11-15(26)22-17-16(13)19(28)24-20(23-17)25-9-5-2-6-10-25/h3-4,7-8,13H,2,5-6,9-11H2,1H3,(H,21,27)(H2,22,23,24,26,28)/t13-/m1/s1. The highest BCUT2D eigenvalue weighted by atomic mass is 16.2. The molecule has 2 amide bonds. The summed E-state index contributed by atoms with van der Waals surface area (Å²) in [4.78, 5) is 47.2. The lowest BCUT2D eigenvalue weighted by atomic mass is 9.92. The molecule has 8 heteroatoms. The van der Waals surface area contributed by atoms with Gasteiger partial charge in [0.15, 0.2) is 0 Å². The Kier molecular flexibility index (Phi) is 4.85. The van der Waals surface area contributed by atoms with Crippen molar-refractivity contribution in [2.24, 2.45) is 0 Å². The van der Waals surface area contributed by atoms with E-state index in [2.05, 4.69) is 20.6 Å². The second kappa shape index (κ2) is 7.46. The third-order valence-electron chi connectivity index (χ3n) is 5.31. The monoisotopic (exact) mass is 381 g/mol. The molecule has 2 aliphatic rings. The van der Waals surface area contributed by atoms with Crippen LogP contribution in [-0.2, 0) is 9.59 Å². The molecular weight excluding hydrogens is 358 g/mol. The van der Waals surface area contributed by atoms with E-state index in [1.165, 1.54) is 0 Å². The van der Waals surface area contributed by atoms with E-state index >= 15 is 0 Å². The molecule has 0 saturated carbocycles. The number of hydrogen-bond acceptors (Lipinski definition) is 5. The molecule has 28 heavy (non-hydrogen) atoms. The molecule has 1 fully saturated rings. The molecule has 1 saturated heterocycles. The Morgan fingerprint density at radius 3 is 2.68 bits per heavy atom. The van der Waals surface area contributed by atoms with Crippen LogP contribution in [0, 0.1) is 6.92 Å². The first-order chi connectivity index (χ1) is 13.5. The van der Waals surface area contributed by atoms with Gasteiger partial charge in [0.25, 0.3) is 5.56 Å². The second-order valence-electron chi connectivity index (χ2n) is 7.31. The predicted octanol–water partition coefficient (Wildman–Crippen LogP) is 2.13. The first-order valence-electron chi connectivity index (χ1n) is 9.58. The molecule has 0 radical (unpaired) electrons. The molecular formula is C20H23N5O3. The van der Waals surface area contributed by atoms with Gasteiger partial charge in [-0.15, -0.1) is 0 Å². The van der Waals surface area contributed by atoms with Crippen molar-refractivity contribution in [3.8, 4) is 0 Å². The van der Waals surface area contributed by atoms with Crippen molar-refractivity contribution in [1.29, 1.82) is 0 Å². The minimum Gasteiger partial charge on any atom is -0.342 e. The fourth-order valence-electron chi connectivity index (χ4n) is 3.77. The number of para-hydroxylation sites is 1. The molecule has 2 aromatic rings. The van der Waals surface area contributed by atoms with Crippen LogP contribution < -0.4 is 21.1 Å². The number of carbonyl (C=O) groups is 2. The molecule has 3 N–H and O–H groups in total. The minimum absolute atomic E-state index is 0.0848. The molecule has 1 aromatic carbocycles. The Hall–Kier alpha value is -3.16. The number of fused-ring (bicyclic) bond motifs is 1. The van der Waals surface area contributed by atoms with Gasteiger partial charge in [-0.1, -0.05) is 18.2 Å². The van der Waals surface area contributed by atoms with Crippen molar-refractivity contribution in [3.63, 3.8) is 0 Å². The number of rotatable bonds is 3. The number of aromatic amines is 1. The topological polar surface area (TPSA) is 107 Å². The summed E-state index contributed by atoms with van der Waals surface area (Å²) in [6.07, 6.45) is 3.14. The molecule has 146 valence electrons. The summed E-state index contributed by atoms with van der Waals surface area (Å²) in [5.74, 6) is -0.951. The Morgan fingerprint density at radius 2 is 1.93 bits per heavy atom. The van der Waals surface area contributed by atoms with E-state index in [0.717, 1.165) is 37.9 Å². The van der Waals surface area contributed by atoms with Gasteiger partial charge in [0.2, 0.25) is 17.8 Å². The summed E-state index contributed by atoms with van der Waals surface area (Å²) >= 11 is 0. The average Bonchev–Trinajstić information content (AvgIpc) is 2.69. The zero-order valence-corrected chi connectivity index (χ0v) is 15.7. The summed E-state index contributed by atoms with van der Waals surface area (Å²) in [7, 11) is 0. The SMILES string of the molecule is Cc1ccccc1NC(=O)[C@@H]1CC(=O)Nc2nc(N3CCCCC3)[nH]c(=O)c21. The van der Waals surface area contributed by atoms with E-state index in [9.17, 15) is 14.4 Å². The summed E-state index contributed by atoms with van der Waals surface area (Å²) in [6.45, 7) is 3.51. The van der Waals surface area contributed by atoms with Crippen LogP contribution in [0.25, 0.3) is 0 Å². The Balaban J connectivity index is 1.66. The van der Waals surface area contributed by atoms with Crippen molar-refractivity contribution in [1.82, 2.24) is 9.97 Å². The number of amides is 2. The molecule has 3 heterocycles. The maximum Gasteiger partial charge on any atom is 0.258 e. The van der Waals surface area contributed by atoms with Gasteiger partial charge in [0.1, 0.15) is 5.82 Å². The van der Waals surface area contributed by atoms with Gasteiger partial charge in [-0.05, 0) is 37.8 Å². The quantitative estimate of drug-likeness (QED) is 0.755. The first kappa shape index (κ1) is 18.2. The van der Waals surface area contributed by atoms with Gasteiger partial charge in [-0.3, -0.25) is 19.4 Å². The molecule has 0 spiro atoms. The van der Waals surface area contributed by atoms with Crippen molar-refractivity contribution < 1.29 is 9.59 Å². The number of anilines is 3.